The standard InChI is InChI=1S/C9H14N2S/c1-6(2)8-4-3-7(5-10)9(12)11-8/h3-4,6H,5,10H2,1-2H3,(H,11,12). The lowest BCUT2D eigenvalue weighted by Crippen LogP contribution is -2.00. The van der Waals surface area contributed by atoms with E-state index in [2.05, 4.69) is 18.8 Å². The van der Waals surface area contributed by atoms with Crippen LogP contribution in [0.1, 0.15) is 31.0 Å². The van der Waals surface area contributed by atoms with Crippen molar-refractivity contribution in [3.63, 3.8) is 0 Å². The van der Waals surface area contributed by atoms with Gasteiger partial charge in [-0.2, -0.15) is 0 Å². The Morgan fingerprint density at radius 2 is 2.17 bits per heavy atom. The molecule has 1 heterocycles. The van der Waals surface area contributed by atoms with E-state index in [4.69, 9.17) is 18.0 Å². The van der Waals surface area contributed by atoms with Gasteiger partial charge in [0.15, 0.2) is 0 Å². The second-order valence-corrected chi connectivity index (χ2v) is 3.54. The summed E-state index contributed by atoms with van der Waals surface area (Å²) in [6.07, 6.45) is 0. The van der Waals surface area contributed by atoms with Crippen LogP contribution in [0.3, 0.4) is 0 Å². The third-order valence-corrected chi connectivity index (χ3v) is 2.22. The Bertz CT molecular complexity index is 315. The first-order valence-electron chi connectivity index (χ1n) is 4.07. The van der Waals surface area contributed by atoms with Crippen molar-refractivity contribution in [1.82, 2.24) is 4.98 Å². The van der Waals surface area contributed by atoms with Crippen LogP contribution in [0.5, 0.6) is 0 Å². The summed E-state index contributed by atoms with van der Waals surface area (Å²) in [6.45, 7) is 4.76. The largest absolute Gasteiger partial charge is 0.350 e. The molecule has 0 amide bonds. The van der Waals surface area contributed by atoms with Gasteiger partial charge in [0.1, 0.15) is 4.64 Å². The fourth-order valence-electron chi connectivity index (χ4n) is 1.02. The van der Waals surface area contributed by atoms with Crippen LogP contribution in [-0.4, -0.2) is 4.98 Å². The van der Waals surface area contributed by atoms with Gasteiger partial charge in [-0.05, 0) is 12.0 Å². The average Bonchev–Trinajstić information content (AvgIpc) is 2.04. The summed E-state index contributed by atoms with van der Waals surface area (Å²) < 4.78 is 0.767. The molecule has 0 aliphatic rings. The Morgan fingerprint density at radius 1 is 1.50 bits per heavy atom. The highest BCUT2D eigenvalue weighted by Crippen LogP contribution is 2.12. The third-order valence-electron chi connectivity index (χ3n) is 1.86. The number of nitrogens with one attached hydrogen (secondary N) is 1. The monoisotopic (exact) mass is 182 g/mol. The molecular weight excluding hydrogens is 168 g/mol. The molecule has 0 unspecified atom stereocenters. The van der Waals surface area contributed by atoms with Crippen molar-refractivity contribution in [3.8, 4) is 0 Å². The van der Waals surface area contributed by atoms with Gasteiger partial charge >= 0.3 is 0 Å². The van der Waals surface area contributed by atoms with Crippen LogP contribution >= 0.6 is 12.2 Å². The van der Waals surface area contributed by atoms with Gasteiger partial charge in [0.2, 0.25) is 0 Å². The smallest absolute Gasteiger partial charge is 0.107 e. The van der Waals surface area contributed by atoms with Crippen LogP contribution in [0.2, 0.25) is 0 Å². The first kappa shape index (κ1) is 9.42. The predicted octanol–water partition coefficient (Wildman–Crippen LogP) is 2.33. The average molecular weight is 182 g/mol. The second-order valence-electron chi connectivity index (χ2n) is 3.13. The minimum absolute atomic E-state index is 0.485. The molecule has 0 saturated carbocycles. The van der Waals surface area contributed by atoms with Crippen molar-refractivity contribution >= 4 is 12.2 Å². The van der Waals surface area contributed by atoms with E-state index in [1.807, 2.05) is 12.1 Å². The van der Waals surface area contributed by atoms with Gasteiger partial charge in [-0.3, -0.25) is 0 Å². The summed E-state index contributed by atoms with van der Waals surface area (Å²) in [6, 6.07) is 4.04. The Kier molecular flexibility index (Phi) is 3.00. The number of pyridine rings is 1. The van der Waals surface area contributed by atoms with E-state index in [9.17, 15) is 0 Å². The molecule has 0 atom stereocenters. The van der Waals surface area contributed by atoms with E-state index in [0.29, 0.717) is 12.5 Å². The van der Waals surface area contributed by atoms with Crippen molar-refractivity contribution in [2.75, 3.05) is 0 Å². The zero-order chi connectivity index (χ0) is 9.14. The Hall–Kier alpha value is -0.670. The van der Waals surface area contributed by atoms with Crippen molar-refractivity contribution in [3.05, 3.63) is 28.0 Å². The molecule has 3 heteroatoms. The lowest BCUT2D eigenvalue weighted by Gasteiger charge is -2.06. The van der Waals surface area contributed by atoms with Gasteiger partial charge in [-0.1, -0.05) is 32.1 Å². The van der Waals surface area contributed by atoms with Crippen LogP contribution in [0.4, 0.5) is 0 Å². The highest BCUT2D eigenvalue weighted by atomic mass is 32.1. The van der Waals surface area contributed by atoms with E-state index in [1.54, 1.807) is 0 Å². The Morgan fingerprint density at radius 3 is 2.58 bits per heavy atom. The number of aromatic nitrogens is 1. The summed E-state index contributed by atoms with van der Waals surface area (Å²) in [5.41, 5.74) is 7.66. The topological polar surface area (TPSA) is 41.8 Å². The first-order chi connectivity index (χ1) is 5.65. The van der Waals surface area contributed by atoms with Gasteiger partial charge in [0, 0.05) is 17.8 Å². The molecule has 0 aliphatic carbocycles. The Labute approximate surface area is 77.8 Å². The molecule has 0 fully saturated rings. The van der Waals surface area contributed by atoms with Crippen molar-refractivity contribution in [2.45, 2.75) is 26.3 Å². The fraction of sp³-hybridized carbons (Fsp3) is 0.444. The second kappa shape index (κ2) is 3.83. The first-order valence-corrected chi connectivity index (χ1v) is 4.48. The zero-order valence-electron chi connectivity index (χ0n) is 7.42. The van der Waals surface area contributed by atoms with Gasteiger partial charge in [0.25, 0.3) is 0 Å². The molecule has 0 aliphatic heterocycles. The number of rotatable bonds is 2. The Balaban J connectivity index is 3.11. The number of H-pyrrole nitrogens is 1. The van der Waals surface area contributed by atoms with E-state index in [1.165, 1.54) is 0 Å². The number of hydrogen-bond donors (Lipinski definition) is 2. The number of hydrogen-bond acceptors (Lipinski definition) is 2. The third kappa shape index (κ3) is 1.93. The van der Waals surface area contributed by atoms with Crippen LogP contribution in [0.15, 0.2) is 12.1 Å². The van der Waals surface area contributed by atoms with E-state index in [0.717, 1.165) is 15.9 Å². The number of aromatic amines is 1. The van der Waals surface area contributed by atoms with Crippen molar-refractivity contribution in [1.29, 1.82) is 0 Å². The predicted molar refractivity (Wildman–Crippen MR) is 53.6 cm³/mol. The van der Waals surface area contributed by atoms with E-state index < -0.39 is 0 Å². The molecule has 1 aromatic rings. The van der Waals surface area contributed by atoms with Crippen LogP contribution in [0.25, 0.3) is 0 Å². The maximum absolute atomic E-state index is 5.49. The maximum Gasteiger partial charge on any atom is 0.107 e. The number of nitrogens with two attached hydrogens (primary N) is 1. The fourth-order valence-corrected chi connectivity index (χ4v) is 1.29. The van der Waals surface area contributed by atoms with Crippen molar-refractivity contribution in [2.24, 2.45) is 5.73 Å². The SMILES string of the molecule is CC(C)c1ccc(CN)c(=S)[nH]1. The summed E-state index contributed by atoms with van der Waals surface area (Å²) in [5.74, 6) is 0.485. The van der Waals surface area contributed by atoms with E-state index >= 15 is 0 Å². The van der Waals surface area contributed by atoms with Crippen molar-refractivity contribution < 1.29 is 0 Å². The lowest BCUT2D eigenvalue weighted by atomic mass is 10.1. The molecule has 0 saturated heterocycles. The molecular formula is C9H14N2S. The van der Waals surface area contributed by atoms with Gasteiger partial charge in [-0.25, -0.2) is 0 Å². The molecule has 0 aromatic carbocycles. The molecule has 1 aromatic heterocycles. The summed E-state index contributed by atoms with van der Waals surface area (Å²) in [7, 11) is 0. The molecule has 66 valence electrons. The lowest BCUT2D eigenvalue weighted by molar-refractivity contribution is 0.814. The zero-order valence-corrected chi connectivity index (χ0v) is 8.24. The highest BCUT2D eigenvalue weighted by Gasteiger charge is 1.99. The van der Waals surface area contributed by atoms with Gasteiger partial charge in [-0.15, -0.1) is 0 Å². The van der Waals surface area contributed by atoms with Crippen LogP contribution in [0, 0.1) is 4.64 Å². The summed E-state index contributed by atoms with van der Waals surface area (Å²) in [4.78, 5) is 3.16. The van der Waals surface area contributed by atoms with Gasteiger partial charge in [0.05, 0.1) is 0 Å². The van der Waals surface area contributed by atoms with Crippen LogP contribution in [-0.2, 0) is 6.54 Å². The normalized spacial score (nSPS) is 10.7. The minimum Gasteiger partial charge on any atom is -0.350 e. The van der Waals surface area contributed by atoms with E-state index in [-0.39, 0.29) is 0 Å². The molecule has 2 nitrogen and oxygen atoms in total. The molecule has 0 bridgehead atoms. The molecule has 1 rings (SSSR count). The van der Waals surface area contributed by atoms with Crippen LogP contribution < -0.4 is 5.73 Å². The molecule has 3 N–H and O–H groups in total. The summed E-state index contributed by atoms with van der Waals surface area (Å²) >= 11 is 5.12. The van der Waals surface area contributed by atoms with Gasteiger partial charge < -0.3 is 10.7 Å². The molecule has 0 spiro atoms. The quantitative estimate of drug-likeness (QED) is 0.689. The molecule has 12 heavy (non-hydrogen) atoms. The maximum atomic E-state index is 5.49. The summed E-state index contributed by atoms with van der Waals surface area (Å²) in [5, 5.41) is 0. The molecule has 0 radical (unpaired) electrons. The minimum atomic E-state index is 0.485. The highest BCUT2D eigenvalue weighted by molar-refractivity contribution is 7.71.